The Morgan fingerprint density at radius 3 is 2.88 bits per heavy atom. The highest BCUT2D eigenvalue weighted by Crippen LogP contribution is 2.08. The summed E-state index contributed by atoms with van der Waals surface area (Å²) in [7, 11) is 0. The third-order valence-corrected chi connectivity index (χ3v) is 3.12. The fraction of sp³-hybridized carbons (Fsp3) is 0.455. The highest BCUT2D eigenvalue weighted by molar-refractivity contribution is 7.09. The number of hydrogen-bond donors (Lipinski definition) is 2. The summed E-state index contributed by atoms with van der Waals surface area (Å²) in [6.07, 6.45) is 0.675. The smallest absolute Gasteiger partial charge is 0.304 e. The maximum atomic E-state index is 11.4. The van der Waals surface area contributed by atoms with Gasteiger partial charge in [0.2, 0.25) is 5.91 Å². The lowest BCUT2D eigenvalue weighted by Crippen LogP contribution is -2.31. The Labute approximate surface area is 98.3 Å². The molecule has 2 N–H and O–H groups in total. The van der Waals surface area contributed by atoms with Crippen molar-refractivity contribution in [2.24, 2.45) is 5.92 Å². The standard InChI is InChI=1S/C11H15NO3S/c1-8(7-10(13)14)11(15)12-5-4-9-3-2-6-16-9/h2-3,6,8H,4-5,7H2,1H3,(H,12,15)(H,13,14). The molecule has 1 aromatic heterocycles. The molecule has 16 heavy (non-hydrogen) atoms. The van der Waals surface area contributed by atoms with Crippen molar-refractivity contribution in [2.75, 3.05) is 6.54 Å². The van der Waals surface area contributed by atoms with Crippen molar-refractivity contribution in [3.8, 4) is 0 Å². The lowest BCUT2D eigenvalue weighted by molar-refractivity contribution is -0.140. The second-order valence-electron chi connectivity index (χ2n) is 3.62. The van der Waals surface area contributed by atoms with Crippen LogP contribution in [0, 0.1) is 5.92 Å². The van der Waals surface area contributed by atoms with Gasteiger partial charge in [0.05, 0.1) is 6.42 Å². The Balaban J connectivity index is 2.22. The number of nitrogens with one attached hydrogen (secondary N) is 1. The molecule has 0 aliphatic carbocycles. The predicted molar refractivity (Wildman–Crippen MR) is 62.4 cm³/mol. The first-order chi connectivity index (χ1) is 7.59. The van der Waals surface area contributed by atoms with Crippen LogP contribution in [-0.4, -0.2) is 23.5 Å². The maximum absolute atomic E-state index is 11.4. The lowest BCUT2D eigenvalue weighted by Gasteiger charge is -2.09. The third kappa shape index (κ3) is 4.44. The molecule has 0 saturated carbocycles. The van der Waals surface area contributed by atoms with Crippen LogP contribution < -0.4 is 5.32 Å². The molecule has 1 amide bonds. The molecular weight excluding hydrogens is 226 g/mol. The van der Waals surface area contributed by atoms with Gasteiger partial charge in [-0.1, -0.05) is 13.0 Å². The number of carbonyl (C=O) groups is 2. The number of rotatable bonds is 6. The molecule has 0 aliphatic heterocycles. The predicted octanol–water partition coefficient (Wildman–Crippen LogP) is 1.52. The summed E-state index contributed by atoms with van der Waals surface area (Å²) in [5.41, 5.74) is 0. The van der Waals surface area contributed by atoms with Crippen molar-refractivity contribution >= 4 is 23.2 Å². The Bertz CT molecular complexity index is 348. The molecule has 1 unspecified atom stereocenters. The summed E-state index contributed by atoms with van der Waals surface area (Å²) < 4.78 is 0. The van der Waals surface area contributed by atoms with Crippen LogP contribution >= 0.6 is 11.3 Å². The Kier molecular flexibility index (Phi) is 4.98. The molecule has 1 rings (SSSR count). The summed E-state index contributed by atoms with van der Waals surface area (Å²) >= 11 is 1.65. The number of aliphatic carboxylic acids is 1. The number of thiophene rings is 1. The lowest BCUT2D eigenvalue weighted by atomic mass is 10.1. The normalized spacial score (nSPS) is 12.1. The monoisotopic (exact) mass is 241 g/mol. The van der Waals surface area contributed by atoms with E-state index in [1.165, 1.54) is 4.88 Å². The van der Waals surface area contributed by atoms with Gasteiger partial charge in [0.25, 0.3) is 0 Å². The molecule has 0 aromatic carbocycles. The van der Waals surface area contributed by atoms with E-state index in [2.05, 4.69) is 5.32 Å². The largest absolute Gasteiger partial charge is 0.481 e. The molecule has 1 heterocycles. The minimum Gasteiger partial charge on any atom is -0.481 e. The van der Waals surface area contributed by atoms with Crippen molar-refractivity contribution in [1.82, 2.24) is 5.32 Å². The van der Waals surface area contributed by atoms with Gasteiger partial charge in [0.15, 0.2) is 0 Å². The van der Waals surface area contributed by atoms with Crippen molar-refractivity contribution < 1.29 is 14.7 Å². The average Bonchev–Trinajstić information content (AvgIpc) is 2.69. The Morgan fingerprint density at radius 1 is 1.56 bits per heavy atom. The first-order valence-electron chi connectivity index (χ1n) is 5.11. The van der Waals surface area contributed by atoms with Crippen LogP contribution in [0.25, 0.3) is 0 Å². The van der Waals surface area contributed by atoms with E-state index < -0.39 is 11.9 Å². The van der Waals surface area contributed by atoms with E-state index in [9.17, 15) is 9.59 Å². The molecule has 0 radical (unpaired) electrons. The minimum absolute atomic E-state index is 0.120. The second kappa shape index (κ2) is 6.27. The van der Waals surface area contributed by atoms with E-state index >= 15 is 0 Å². The van der Waals surface area contributed by atoms with Crippen LogP contribution in [0.2, 0.25) is 0 Å². The molecule has 0 spiro atoms. The van der Waals surface area contributed by atoms with Crippen LogP contribution in [0.15, 0.2) is 17.5 Å². The summed E-state index contributed by atoms with van der Waals surface area (Å²) in [6, 6.07) is 3.98. The van der Waals surface area contributed by atoms with E-state index in [-0.39, 0.29) is 12.3 Å². The number of amides is 1. The van der Waals surface area contributed by atoms with E-state index in [4.69, 9.17) is 5.11 Å². The molecule has 0 fully saturated rings. The molecule has 1 atom stereocenters. The van der Waals surface area contributed by atoms with Crippen molar-refractivity contribution in [3.63, 3.8) is 0 Å². The zero-order valence-electron chi connectivity index (χ0n) is 9.10. The van der Waals surface area contributed by atoms with Gasteiger partial charge in [-0.3, -0.25) is 9.59 Å². The highest BCUT2D eigenvalue weighted by Gasteiger charge is 2.15. The fourth-order valence-electron chi connectivity index (χ4n) is 1.29. The molecule has 0 aliphatic rings. The quantitative estimate of drug-likeness (QED) is 0.793. The number of carboxylic acids is 1. The molecule has 1 aromatic rings. The van der Waals surface area contributed by atoms with Gasteiger partial charge in [0.1, 0.15) is 0 Å². The number of hydrogen-bond acceptors (Lipinski definition) is 3. The SMILES string of the molecule is CC(CC(=O)O)C(=O)NCCc1cccs1. The van der Waals surface area contributed by atoms with Crippen LogP contribution in [0.4, 0.5) is 0 Å². The van der Waals surface area contributed by atoms with Crippen LogP contribution in [0.5, 0.6) is 0 Å². The zero-order chi connectivity index (χ0) is 12.0. The van der Waals surface area contributed by atoms with Crippen LogP contribution in [-0.2, 0) is 16.0 Å². The summed E-state index contributed by atoms with van der Waals surface area (Å²) in [4.78, 5) is 23.0. The minimum atomic E-state index is -0.944. The van der Waals surface area contributed by atoms with Gasteiger partial charge in [-0.05, 0) is 17.9 Å². The Morgan fingerprint density at radius 2 is 2.31 bits per heavy atom. The van der Waals surface area contributed by atoms with Crippen molar-refractivity contribution in [1.29, 1.82) is 0 Å². The second-order valence-corrected chi connectivity index (χ2v) is 4.65. The van der Waals surface area contributed by atoms with E-state index in [1.54, 1.807) is 18.3 Å². The molecule has 4 nitrogen and oxygen atoms in total. The Hall–Kier alpha value is -1.36. The number of carbonyl (C=O) groups excluding carboxylic acids is 1. The number of carboxylic acid groups (broad SMARTS) is 1. The molecule has 88 valence electrons. The third-order valence-electron chi connectivity index (χ3n) is 2.18. The van der Waals surface area contributed by atoms with Gasteiger partial charge < -0.3 is 10.4 Å². The maximum Gasteiger partial charge on any atom is 0.304 e. The zero-order valence-corrected chi connectivity index (χ0v) is 9.92. The topological polar surface area (TPSA) is 66.4 Å². The summed E-state index contributed by atoms with van der Waals surface area (Å²) in [5.74, 6) is -1.61. The van der Waals surface area contributed by atoms with Crippen molar-refractivity contribution in [2.45, 2.75) is 19.8 Å². The fourth-order valence-corrected chi connectivity index (χ4v) is 2.00. The first-order valence-corrected chi connectivity index (χ1v) is 5.99. The van der Waals surface area contributed by atoms with Gasteiger partial charge in [0, 0.05) is 17.3 Å². The summed E-state index contributed by atoms with van der Waals surface area (Å²) in [6.45, 7) is 2.18. The van der Waals surface area contributed by atoms with Gasteiger partial charge in [-0.2, -0.15) is 0 Å². The van der Waals surface area contributed by atoms with E-state index in [0.717, 1.165) is 6.42 Å². The van der Waals surface area contributed by atoms with E-state index in [0.29, 0.717) is 6.54 Å². The molecular formula is C11H15NO3S. The highest BCUT2D eigenvalue weighted by atomic mass is 32.1. The molecule has 0 bridgehead atoms. The van der Waals surface area contributed by atoms with Gasteiger partial charge >= 0.3 is 5.97 Å². The first kappa shape index (κ1) is 12.7. The van der Waals surface area contributed by atoms with Gasteiger partial charge in [-0.25, -0.2) is 0 Å². The van der Waals surface area contributed by atoms with Crippen LogP contribution in [0.1, 0.15) is 18.2 Å². The van der Waals surface area contributed by atoms with E-state index in [1.807, 2.05) is 17.5 Å². The van der Waals surface area contributed by atoms with Crippen LogP contribution in [0.3, 0.4) is 0 Å². The average molecular weight is 241 g/mol. The molecule has 0 saturated heterocycles. The molecule has 5 heteroatoms. The van der Waals surface area contributed by atoms with Gasteiger partial charge in [-0.15, -0.1) is 11.3 Å². The summed E-state index contributed by atoms with van der Waals surface area (Å²) in [5, 5.41) is 13.3. The van der Waals surface area contributed by atoms with Crippen molar-refractivity contribution in [3.05, 3.63) is 22.4 Å².